The van der Waals surface area contributed by atoms with Gasteiger partial charge in [0.2, 0.25) is 5.76 Å². The molecule has 0 bridgehead atoms. The molecular weight excluding hydrogens is 408 g/mol. The molecule has 0 radical (unpaired) electrons. The van der Waals surface area contributed by atoms with E-state index in [9.17, 15) is 19.2 Å². The number of hydrogen-bond donors (Lipinski definition) is 1. The Balaban J connectivity index is 1.74. The molecule has 0 unspecified atom stereocenters. The van der Waals surface area contributed by atoms with E-state index in [2.05, 4.69) is 10.1 Å². The number of benzene rings is 1. The number of methoxy groups -OCH3 is 1. The summed E-state index contributed by atoms with van der Waals surface area (Å²) in [6, 6.07) is 8.96. The van der Waals surface area contributed by atoms with Crippen LogP contribution in [0.4, 0.5) is 4.79 Å². The molecule has 0 saturated carbocycles. The summed E-state index contributed by atoms with van der Waals surface area (Å²) in [5.41, 5.74) is 0.514. The number of rotatable bonds is 8. The molecule has 1 aromatic carbocycles. The van der Waals surface area contributed by atoms with Gasteiger partial charge in [-0.05, 0) is 31.2 Å². The molecule has 1 N–H and O–H groups in total. The molecule has 0 aliphatic carbocycles. The minimum atomic E-state index is -0.663. The second kappa shape index (κ2) is 9.61. The van der Waals surface area contributed by atoms with Crippen LogP contribution < -0.4 is 10.1 Å². The van der Waals surface area contributed by atoms with Crippen LogP contribution in [-0.2, 0) is 25.6 Å². The van der Waals surface area contributed by atoms with Crippen molar-refractivity contribution in [1.29, 1.82) is 0 Å². The van der Waals surface area contributed by atoms with Gasteiger partial charge in [-0.15, -0.1) is 0 Å². The molecule has 31 heavy (non-hydrogen) atoms. The number of esters is 2. The molecule has 1 aliphatic heterocycles. The zero-order valence-corrected chi connectivity index (χ0v) is 16.9. The van der Waals surface area contributed by atoms with Crippen LogP contribution in [0, 0.1) is 0 Å². The molecule has 1 fully saturated rings. The maximum absolute atomic E-state index is 12.7. The minimum absolute atomic E-state index is 0.0249. The normalized spacial score (nSPS) is 14.5. The summed E-state index contributed by atoms with van der Waals surface area (Å²) < 4.78 is 20.2. The molecule has 1 aromatic heterocycles. The maximum Gasteiger partial charge on any atom is 0.373 e. The number of para-hydroxylation sites is 1. The third-order valence-electron chi connectivity index (χ3n) is 4.19. The first kappa shape index (κ1) is 21.6. The van der Waals surface area contributed by atoms with Crippen LogP contribution in [-0.4, -0.2) is 49.1 Å². The molecule has 0 atom stereocenters. The van der Waals surface area contributed by atoms with E-state index in [0.29, 0.717) is 11.3 Å². The van der Waals surface area contributed by atoms with Crippen LogP contribution in [0.15, 0.2) is 46.5 Å². The standard InChI is InChI=1S/C21H20N2O8/c1-3-29-18(24)12-30-16-7-5-4-6-13(16)10-15-19(25)23(21(27)22-15)11-14-8-9-17(31-14)20(26)28-2/h4-10H,3,11-12H2,1-2H3,(H,22,27). The topological polar surface area (TPSA) is 124 Å². The summed E-state index contributed by atoms with van der Waals surface area (Å²) in [5, 5.41) is 2.49. The highest BCUT2D eigenvalue weighted by molar-refractivity contribution is 6.14. The molecule has 0 spiro atoms. The zero-order valence-electron chi connectivity index (χ0n) is 16.9. The number of amides is 3. The van der Waals surface area contributed by atoms with Crippen molar-refractivity contribution in [3.8, 4) is 5.75 Å². The number of nitrogens with zero attached hydrogens (tertiary/aromatic N) is 1. The SMILES string of the molecule is CCOC(=O)COc1ccccc1C=C1NC(=O)N(Cc2ccc(C(=O)OC)o2)C1=O. The quantitative estimate of drug-likeness (QED) is 0.385. The first-order valence-electron chi connectivity index (χ1n) is 9.32. The number of urea groups is 1. The van der Waals surface area contributed by atoms with Crippen molar-refractivity contribution >= 4 is 30.0 Å². The summed E-state index contributed by atoms with van der Waals surface area (Å²) in [6.45, 7) is 1.47. The number of carbonyl (C=O) groups excluding carboxylic acids is 4. The molecule has 1 aliphatic rings. The van der Waals surface area contributed by atoms with Gasteiger partial charge >= 0.3 is 18.0 Å². The lowest BCUT2D eigenvalue weighted by Crippen LogP contribution is -2.30. The Hall–Kier alpha value is -4.08. The van der Waals surface area contributed by atoms with Gasteiger partial charge in [0.25, 0.3) is 5.91 Å². The van der Waals surface area contributed by atoms with E-state index in [1.54, 1.807) is 31.2 Å². The Morgan fingerprint density at radius 2 is 1.94 bits per heavy atom. The van der Waals surface area contributed by atoms with Crippen molar-refractivity contribution in [3.05, 3.63) is 59.2 Å². The van der Waals surface area contributed by atoms with E-state index in [1.807, 2.05) is 0 Å². The van der Waals surface area contributed by atoms with Crippen LogP contribution in [0.25, 0.3) is 6.08 Å². The van der Waals surface area contributed by atoms with Gasteiger partial charge in [0.05, 0.1) is 20.3 Å². The maximum atomic E-state index is 12.7. The molecular formula is C21H20N2O8. The van der Waals surface area contributed by atoms with Crippen molar-refractivity contribution in [2.45, 2.75) is 13.5 Å². The predicted octanol–water partition coefficient (Wildman–Crippen LogP) is 2.10. The van der Waals surface area contributed by atoms with Gasteiger partial charge in [0.15, 0.2) is 6.61 Å². The van der Waals surface area contributed by atoms with E-state index < -0.39 is 23.9 Å². The lowest BCUT2D eigenvalue weighted by Gasteiger charge is -2.10. The Bertz CT molecular complexity index is 1040. The Morgan fingerprint density at radius 1 is 1.16 bits per heavy atom. The Morgan fingerprint density at radius 3 is 2.68 bits per heavy atom. The number of imide groups is 1. The van der Waals surface area contributed by atoms with Crippen LogP contribution in [0.3, 0.4) is 0 Å². The number of ether oxygens (including phenoxy) is 3. The highest BCUT2D eigenvalue weighted by Gasteiger charge is 2.34. The summed E-state index contributed by atoms with van der Waals surface area (Å²) in [4.78, 5) is 48.9. The fraction of sp³-hybridized carbons (Fsp3) is 0.238. The monoisotopic (exact) mass is 428 g/mol. The van der Waals surface area contributed by atoms with Gasteiger partial charge in [0, 0.05) is 5.56 Å². The van der Waals surface area contributed by atoms with Gasteiger partial charge in [-0.3, -0.25) is 9.69 Å². The average molecular weight is 428 g/mol. The van der Waals surface area contributed by atoms with E-state index in [1.165, 1.54) is 25.3 Å². The van der Waals surface area contributed by atoms with E-state index >= 15 is 0 Å². The second-order valence-corrected chi connectivity index (χ2v) is 6.27. The van der Waals surface area contributed by atoms with Crippen LogP contribution in [0.2, 0.25) is 0 Å². The van der Waals surface area contributed by atoms with Gasteiger partial charge in [-0.25, -0.2) is 14.4 Å². The number of hydrogen-bond acceptors (Lipinski definition) is 8. The van der Waals surface area contributed by atoms with Crippen molar-refractivity contribution in [2.24, 2.45) is 0 Å². The highest BCUT2D eigenvalue weighted by Crippen LogP contribution is 2.24. The fourth-order valence-electron chi connectivity index (χ4n) is 2.77. The number of carbonyl (C=O) groups is 4. The largest absolute Gasteiger partial charge is 0.481 e. The van der Waals surface area contributed by atoms with E-state index in [-0.39, 0.29) is 37.0 Å². The summed E-state index contributed by atoms with van der Waals surface area (Å²) in [5.74, 6) is -1.22. The van der Waals surface area contributed by atoms with Gasteiger partial charge in [-0.1, -0.05) is 18.2 Å². The Kier molecular flexibility index (Phi) is 6.71. The second-order valence-electron chi connectivity index (χ2n) is 6.27. The van der Waals surface area contributed by atoms with Gasteiger partial charge in [-0.2, -0.15) is 0 Å². The van der Waals surface area contributed by atoms with Crippen LogP contribution >= 0.6 is 0 Å². The van der Waals surface area contributed by atoms with Gasteiger partial charge in [0.1, 0.15) is 17.2 Å². The predicted molar refractivity (Wildman–Crippen MR) is 106 cm³/mol. The zero-order chi connectivity index (χ0) is 22.4. The average Bonchev–Trinajstić information content (AvgIpc) is 3.33. The highest BCUT2D eigenvalue weighted by atomic mass is 16.6. The summed E-state index contributed by atoms with van der Waals surface area (Å²) in [6.07, 6.45) is 1.45. The Labute approximate surface area is 177 Å². The van der Waals surface area contributed by atoms with E-state index in [0.717, 1.165) is 4.90 Å². The molecule has 2 heterocycles. The van der Waals surface area contributed by atoms with Crippen molar-refractivity contribution in [3.63, 3.8) is 0 Å². The fourth-order valence-corrected chi connectivity index (χ4v) is 2.77. The third kappa shape index (κ3) is 5.10. The van der Waals surface area contributed by atoms with Gasteiger partial charge < -0.3 is 23.9 Å². The van der Waals surface area contributed by atoms with Crippen molar-refractivity contribution < 1.29 is 37.8 Å². The smallest absolute Gasteiger partial charge is 0.373 e. The lowest BCUT2D eigenvalue weighted by molar-refractivity contribution is -0.145. The van der Waals surface area contributed by atoms with E-state index in [4.69, 9.17) is 13.9 Å². The lowest BCUT2D eigenvalue weighted by atomic mass is 10.1. The number of nitrogens with one attached hydrogen (secondary N) is 1. The first-order valence-corrected chi connectivity index (χ1v) is 9.32. The number of furan rings is 1. The summed E-state index contributed by atoms with van der Waals surface area (Å²) in [7, 11) is 1.22. The molecule has 162 valence electrons. The molecule has 10 heteroatoms. The van der Waals surface area contributed by atoms with Crippen LogP contribution in [0.5, 0.6) is 5.75 Å². The minimum Gasteiger partial charge on any atom is -0.481 e. The molecule has 1 saturated heterocycles. The van der Waals surface area contributed by atoms with Crippen molar-refractivity contribution in [1.82, 2.24) is 10.2 Å². The molecule has 3 amide bonds. The molecule has 10 nitrogen and oxygen atoms in total. The summed E-state index contributed by atoms with van der Waals surface area (Å²) >= 11 is 0. The van der Waals surface area contributed by atoms with Crippen LogP contribution in [0.1, 0.15) is 28.8 Å². The van der Waals surface area contributed by atoms with Crippen molar-refractivity contribution in [2.75, 3.05) is 20.3 Å². The first-order chi connectivity index (χ1) is 14.9. The molecule has 3 rings (SSSR count). The third-order valence-corrected chi connectivity index (χ3v) is 4.19. The molecule has 2 aromatic rings.